The maximum absolute atomic E-state index is 14.2. The van der Waals surface area contributed by atoms with Crippen molar-refractivity contribution in [1.29, 1.82) is 0 Å². The van der Waals surface area contributed by atoms with Crippen molar-refractivity contribution in [3.05, 3.63) is 63.9 Å². The third-order valence-electron chi connectivity index (χ3n) is 3.35. The van der Waals surface area contributed by atoms with Gasteiger partial charge in [-0.3, -0.25) is 0 Å². The minimum Gasteiger partial charge on any atom is -0.494 e. The zero-order valence-electron chi connectivity index (χ0n) is 12.4. The van der Waals surface area contributed by atoms with E-state index in [1.807, 2.05) is 32.0 Å². The molecule has 0 aliphatic rings. The van der Waals surface area contributed by atoms with E-state index in [9.17, 15) is 4.39 Å². The van der Waals surface area contributed by atoms with Gasteiger partial charge < -0.3 is 10.1 Å². The van der Waals surface area contributed by atoms with Gasteiger partial charge in [-0.2, -0.15) is 0 Å². The Bertz CT molecular complexity index is 610. The van der Waals surface area contributed by atoms with E-state index in [0.29, 0.717) is 17.2 Å². The number of rotatable bonds is 5. The van der Waals surface area contributed by atoms with Crippen LogP contribution in [0.25, 0.3) is 0 Å². The molecule has 2 rings (SSSR count). The van der Waals surface area contributed by atoms with Crippen molar-refractivity contribution < 1.29 is 9.13 Å². The van der Waals surface area contributed by atoms with Crippen LogP contribution in [0.1, 0.15) is 29.7 Å². The van der Waals surface area contributed by atoms with Crippen molar-refractivity contribution in [2.75, 3.05) is 13.7 Å². The molecule has 0 heterocycles. The number of hydrogen-bond donors (Lipinski definition) is 1. The van der Waals surface area contributed by atoms with Crippen LogP contribution in [0.3, 0.4) is 0 Å². The van der Waals surface area contributed by atoms with E-state index in [0.717, 1.165) is 16.9 Å². The van der Waals surface area contributed by atoms with Crippen LogP contribution in [0.4, 0.5) is 4.39 Å². The van der Waals surface area contributed by atoms with Gasteiger partial charge in [0.05, 0.1) is 12.6 Å². The second-order valence-corrected chi connectivity index (χ2v) is 5.24. The smallest absolute Gasteiger partial charge is 0.129 e. The van der Waals surface area contributed by atoms with Gasteiger partial charge in [-0.25, -0.2) is 4.39 Å². The highest BCUT2D eigenvalue weighted by Crippen LogP contribution is 2.35. The van der Waals surface area contributed by atoms with E-state index in [1.165, 1.54) is 6.07 Å². The molecule has 0 aromatic heterocycles. The molecule has 112 valence electrons. The summed E-state index contributed by atoms with van der Waals surface area (Å²) in [7, 11) is 1.78. The zero-order valence-corrected chi connectivity index (χ0v) is 13.2. The first-order chi connectivity index (χ1) is 10.1. The van der Waals surface area contributed by atoms with Crippen molar-refractivity contribution in [2.45, 2.75) is 19.9 Å². The topological polar surface area (TPSA) is 21.3 Å². The third-order valence-corrected chi connectivity index (χ3v) is 3.68. The van der Waals surface area contributed by atoms with Gasteiger partial charge in [0.2, 0.25) is 0 Å². The molecule has 1 atom stereocenters. The number of ether oxygens (including phenoxy) is 1. The van der Waals surface area contributed by atoms with Crippen LogP contribution >= 0.6 is 11.6 Å². The molecule has 0 radical (unpaired) electrons. The predicted octanol–water partition coefficient (Wildman–Crippen LogP) is 4.50. The Balaban J connectivity index is 2.58. The fraction of sp³-hybridized carbons (Fsp3) is 0.294. The van der Waals surface area contributed by atoms with Crippen LogP contribution in [-0.4, -0.2) is 13.7 Å². The summed E-state index contributed by atoms with van der Waals surface area (Å²) in [6.45, 7) is 4.47. The lowest BCUT2D eigenvalue weighted by atomic mass is 9.96. The molecule has 2 aromatic carbocycles. The average molecular weight is 308 g/mol. The normalized spacial score (nSPS) is 12.2. The van der Waals surface area contributed by atoms with Gasteiger partial charge in [-0.05, 0) is 39.1 Å². The van der Waals surface area contributed by atoms with Crippen molar-refractivity contribution in [3.63, 3.8) is 0 Å². The molecule has 0 bridgehead atoms. The fourth-order valence-corrected chi connectivity index (χ4v) is 2.69. The molecule has 2 nitrogen and oxygen atoms in total. The molecule has 2 aromatic rings. The third kappa shape index (κ3) is 3.36. The monoisotopic (exact) mass is 307 g/mol. The first-order valence-electron chi connectivity index (χ1n) is 6.93. The highest BCUT2D eigenvalue weighted by molar-refractivity contribution is 6.31. The van der Waals surface area contributed by atoms with Gasteiger partial charge in [-0.1, -0.05) is 35.4 Å². The van der Waals surface area contributed by atoms with E-state index in [4.69, 9.17) is 16.3 Å². The molecule has 1 N–H and O–H groups in total. The molecule has 4 heteroatoms. The SMILES string of the molecule is CCOc1ccc(C)cc1C(NC)c1c(F)cccc1Cl. The lowest BCUT2D eigenvalue weighted by Crippen LogP contribution is -2.20. The van der Waals surface area contributed by atoms with Crippen LogP contribution in [0.5, 0.6) is 5.75 Å². The van der Waals surface area contributed by atoms with Crippen molar-refractivity contribution in [1.82, 2.24) is 5.32 Å². The standard InChI is InChI=1S/C17H19ClFNO/c1-4-21-15-9-8-11(2)10-12(15)17(20-3)16-13(18)6-5-7-14(16)19/h5-10,17,20H,4H2,1-3H3. The van der Waals surface area contributed by atoms with Gasteiger partial charge in [0.15, 0.2) is 0 Å². The van der Waals surface area contributed by atoms with Gasteiger partial charge in [-0.15, -0.1) is 0 Å². The lowest BCUT2D eigenvalue weighted by Gasteiger charge is -2.22. The van der Waals surface area contributed by atoms with E-state index in [1.54, 1.807) is 19.2 Å². The summed E-state index contributed by atoms with van der Waals surface area (Å²) in [5, 5.41) is 3.54. The minimum absolute atomic E-state index is 0.328. The fourth-order valence-electron chi connectivity index (χ4n) is 2.42. The molecule has 0 aliphatic heterocycles. The second kappa shape index (κ2) is 6.92. The van der Waals surface area contributed by atoms with Crippen LogP contribution in [0.2, 0.25) is 5.02 Å². The minimum atomic E-state index is -0.361. The molecule has 0 saturated carbocycles. The summed E-state index contributed by atoms with van der Waals surface area (Å²) < 4.78 is 19.9. The van der Waals surface area contributed by atoms with Crippen molar-refractivity contribution >= 4 is 11.6 Å². The molecule has 0 aliphatic carbocycles. The zero-order chi connectivity index (χ0) is 15.4. The number of benzene rings is 2. The molecule has 0 amide bonds. The van der Waals surface area contributed by atoms with Crippen molar-refractivity contribution in [2.24, 2.45) is 0 Å². The van der Waals surface area contributed by atoms with Crippen LogP contribution in [0, 0.1) is 12.7 Å². The second-order valence-electron chi connectivity index (χ2n) is 4.83. The Morgan fingerprint density at radius 2 is 2.05 bits per heavy atom. The molecule has 1 unspecified atom stereocenters. The highest BCUT2D eigenvalue weighted by atomic mass is 35.5. The molecular formula is C17H19ClFNO. The largest absolute Gasteiger partial charge is 0.494 e. The van der Waals surface area contributed by atoms with Crippen molar-refractivity contribution in [3.8, 4) is 5.75 Å². The first-order valence-corrected chi connectivity index (χ1v) is 7.30. The Labute approximate surface area is 129 Å². The summed E-state index contributed by atoms with van der Waals surface area (Å²) in [5.41, 5.74) is 2.40. The van der Waals surface area contributed by atoms with Crippen LogP contribution in [-0.2, 0) is 0 Å². The quantitative estimate of drug-likeness (QED) is 0.878. The van der Waals surface area contributed by atoms with Gasteiger partial charge in [0, 0.05) is 16.1 Å². The Hall–Kier alpha value is -1.58. The summed E-state index contributed by atoms with van der Waals surface area (Å²) >= 11 is 6.20. The van der Waals surface area contributed by atoms with E-state index >= 15 is 0 Å². The Morgan fingerprint density at radius 1 is 1.29 bits per heavy atom. The highest BCUT2D eigenvalue weighted by Gasteiger charge is 2.22. The average Bonchev–Trinajstić information content (AvgIpc) is 2.45. The van der Waals surface area contributed by atoms with E-state index in [-0.39, 0.29) is 11.9 Å². The maximum atomic E-state index is 14.2. The number of hydrogen-bond acceptors (Lipinski definition) is 2. The summed E-state index contributed by atoms with van der Waals surface area (Å²) in [6.07, 6.45) is 0. The Morgan fingerprint density at radius 3 is 2.67 bits per heavy atom. The Kier molecular flexibility index (Phi) is 5.21. The molecular weight excluding hydrogens is 289 g/mol. The summed E-state index contributed by atoms with van der Waals surface area (Å²) in [5.74, 6) is 0.410. The molecule has 21 heavy (non-hydrogen) atoms. The molecule has 0 saturated heterocycles. The molecule has 0 spiro atoms. The first kappa shape index (κ1) is 15.8. The van der Waals surface area contributed by atoms with Crippen LogP contribution < -0.4 is 10.1 Å². The van der Waals surface area contributed by atoms with E-state index < -0.39 is 0 Å². The summed E-state index contributed by atoms with van der Waals surface area (Å²) in [4.78, 5) is 0. The predicted molar refractivity (Wildman–Crippen MR) is 84.7 cm³/mol. The summed E-state index contributed by atoms with van der Waals surface area (Å²) in [6, 6.07) is 10.2. The maximum Gasteiger partial charge on any atom is 0.129 e. The number of nitrogens with one attached hydrogen (secondary N) is 1. The van der Waals surface area contributed by atoms with Gasteiger partial charge in [0.25, 0.3) is 0 Å². The lowest BCUT2D eigenvalue weighted by molar-refractivity contribution is 0.333. The van der Waals surface area contributed by atoms with Crippen LogP contribution in [0.15, 0.2) is 36.4 Å². The van der Waals surface area contributed by atoms with Gasteiger partial charge in [0.1, 0.15) is 11.6 Å². The van der Waals surface area contributed by atoms with E-state index in [2.05, 4.69) is 5.32 Å². The number of halogens is 2. The number of aryl methyl sites for hydroxylation is 1. The van der Waals surface area contributed by atoms with Gasteiger partial charge >= 0.3 is 0 Å². The molecule has 0 fully saturated rings.